The van der Waals surface area contributed by atoms with E-state index in [1.54, 1.807) is 7.11 Å². The molecule has 2 heteroatoms. The van der Waals surface area contributed by atoms with Crippen molar-refractivity contribution in [3.05, 3.63) is 29.3 Å². The molecular formula is C14H17NO. The lowest BCUT2D eigenvalue weighted by molar-refractivity contribution is 0.400. The van der Waals surface area contributed by atoms with Gasteiger partial charge in [-0.2, -0.15) is 5.26 Å². The second-order valence-electron chi connectivity index (χ2n) is 5.23. The summed E-state index contributed by atoms with van der Waals surface area (Å²) in [5, 5.41) is 9.45. The van der Waals surface area contributed by atoms with E-state index in [1.807, 2.05) is 25.1 Å². The molecule has 1 fully saturated rings. The van der Waals surface area contributed by atoms with Gasteiger partial charge < -0.3 is 4.74 Å². The Morgan fingerprint density at radius 2 is 2.00 bits per heavy atom. The van der Waals surface area contributed by atoms with Crippen LogP contribution in [0.2, 0.25) is 0 Å². The smallest absolute Gasteiger partial charge is 0.126 e. The molecule has 1 aliphatic rings. The van der Waals surface area contributed by atoms with Gasteiger partial charge in [-0.3, -0.25) is 0 Å². The number of nitrogens with zero attached hydrogens (tertiary/aromatic N) is 1. The minimum atomic E-state index is -0.357. The van der Waals surface area contributed by atoms with E-state index in [4.69, 9.17) is 4.74 Å². The Hall–Kier alpha value is -1.49. The number of para-hydroxylation sites is 1. The number of aryl methyl sites for hydroxylation is 1. The molecule has 2 nitrogen and oxygen atoms in total. The first-order chi connectivity index (χ1) is 7.48. The average Bonchev–Trinajstić information content (AvgIpc) is 2.82. The van der Waals surface area contributed by atoms with Gasteiger partial charge >= 0.3 is 0 Å². The fourth-order valence-corrected chi connectivity index (χ4v) is 2.59. The van der Waals surface area contributed by atoms with Gasteiger partial charge in [0.1, 0.15) is 5.75 Å². The minimum Gasteiger partial charge on any atom is -0.496 e. The molecular weight excluding hydrogens is 198 g/mol. The van der Waals surface area contributed by atoms with Crippen molar-refractivity contribution in [2.45, 2.75) is 32.6 Å². The number of methoxy groups -OCH3 is 1. The number of benzene rings is 1. The van der Waals surface area contributed by atoms with Crippen molar-refractivity contribution < 1.29 is 4.74 Å². The Labute approximate surface area is 96.9 Å². The molecule has 1 saturated carbocycles. The van der Waals surface area contributed by atoms with Crippen molar-refractivity contribution in [3.63, 3.8) is 0 Å². The molecule has 0 spiro atoms. The molecule has 0 amide bonds. The molecule has 1 aromatic carbocycles. The van der Waals surface area contributed by atoms with Gasteiger partial charge in [-0.1, -0.05) is 32.0 Å². The highest BCUT2D eigenvalue weighted by atomic mass is 16.5. The monoisotopic (exact) mass is 215 g/mol. The molecule has 0 saturated heterocycles. The van der Waals surface area contributed by atoms with Gasteiger partial charge in [0.25, 0.3) is 0 Å². The summed E-state index contributed by atoms with van der Waals surface area (Å²) in [7, 11) is 1.67. The van der Waals surface area contributed by atoms with Crippen molar-refractivity contribution in [2.24, 2.45) is 5.41 Å². The predicted octanol–water partition coefficient (Wildman–Crippen LogP) is 3.19. The highest BCUT2D eigenvalue weighted by molar-refractivity contribution is 5.54. The van der Waals surface area contributed by atoms with E-state index in [-0.39, 0.29) is 10.8 Å². The van der Waals surface area contributed by atoms with Crippen LogP contribution in [0.3, 0.4) is 0 Å². The van der Waals surface area contributed by atoms with Crippen LogP contribution in [0.1, 0.15) is 31.4 Å². The van der Waals surface area contributed by atoms with Crippen LogP contribution in [-0.4, -0.2) is 7.11 Å². The Morgan fingerprint density at radius 1 is 1.38 bits per heavy atom. The molecule has 16 heavy (non-hydrogen) atoms. The molecule has 0 N–H and O–H groups in total. The zero-order valence-electron chi connectivity index (χ0n) is 10.3. The molecule has 0 bridgehead atoms. The molecule has 0 radical (unpaired) electrons. The highest BCUT2D eigenvalue weighted by Crippen LogP contribution is 2.65. The Morgan fingerprint density at radius 3 is 2.44 bits per heavy atom. The van der Waals surface area contributed by atoms with E-state index < -0.39 is 0 Å². The number of hydrogen-bond donors (Lipinski definition) is 0. The van der Waals surface area contributed by atoms with Crippen molar-refractivity contribution >= 4 is 0 Å². The first kappa shape index (κ1) is 11.0. The van der Waals surface area contributed by atoms with Crippen molar-refractivity contribution in [1.82, 2.24) is 0 Å². The van der Waals surface area contributed by atoms with Crippen LogP contribution in [-0.2, 0) is 5.41 Å². The third-order valence-corrected chi connectivity index (χ3v) is 3.80. The first-order valence-corrected chi connectivity index (χ1v) is 5.54. The van der Waals surface area contributed by atoms with Gasteiger partial charge in [-0.25, -0.2) is 0 Å². The van der Waals surface area contributed by atoms with Gasteiger partial charge in [0.15, 0.2) is 0 Å². The number of hydrogen-bond acceptors (Lipinski definition) is 2. The predicted molar refractivity (Wildman–Crippen MR) is 63.4 cm³/mol. The minimum absolute atomic E-state index is 0.0584. The van der Waals surface area contributed by atoms with Gasteiger partial charge in [-0.15, -0.1) is 0 Å². The van der Waals surface area contributed by atoms with Gasteiger partial charge in [-0.05, 0) is 24.3 Å². The summed E-state index contributed by atoms with van der Waals surface area (Å²) < 4.78 is 5.45. The Bertz CT molecular complexity index is 470. The van der Waals surface area contributed by atoms with Crippen molar-refractivity contribution in [1.29, 1.82) is 5.26 Å². The second kappa shape index (κ2) is 3.25. The standard InChI is InChI=1S/C14H17NO/c1-10-6-5-7-11(12(10)16-4)14(9-15)8-13(14,2)3/h5-7H,8H2,1-4H3. The lowest BCUT2D eigenvalue weighted by Crippen LogP contribution is -2.13. The molecule has 1 atom stereocenters. The van der Waals surface area contributed by atoms with Crippen molar-refractivity contribution in [3.8, 4) is 11.8 Å². The molecule has 1 aliphatic carbocycles. The lowest BCUT2D eigenvalue weighted by atomic mass is 9.87. The maximum atomic E-state index is 9.45. The topological polar surface area (TPSA) is 33.0 Å². The molecule has 1 aromatic rings. The third kappa shape index (κ3) is 1.24. The summed E-state index contributed by atoms with van der Waals surface area (Å²) in [6.45, 7) is 6.29. The molecule has 0 heterocycles. The zero-order valence-corrected chi connectivity index (χ0v) is 10.3. The molecule has 0 aromatic heterocycles. The maximum absolute atomic E-state index is 9.45. The first-order valence-electron chi connectivity index (χ1n) is 5.54. The summed E-state index contributed by atoms with van der Waals surface area (Å²) in [6.07, 6.45) is 0.913. The number of nitriles is 1. The third-order valence-electron chi connectivity index (χ3n) is 3.80. The molecule has 0 aliphatic heterocycles. The Balaban J connectivity index is 2.59. The van der Waals surface area contributed by atoms with E-state index in [0.717, 1.165) is 23.3 Å². The maximum Gasteiger partial charge on any atom is 0.126 e. The van der Waals surface area contributed by atoms with Crippen LogP contribution < -0.4 is 4.74 Å². The fourth-order valence-electron chi connectivity index (χ4n) is 2.59. The summed E-state index contributed by atoms with van der Waals surface area (Å²) >= 11 is 0. The number of rotatable bonds is 2. The summed E-state index contributed by atoms with van der Waals surface area (Å²) in [5.41, 5.74) is 1.84. The Kier molecular flexibility index (Phi) is 2.24. The number of ether oxygens (including phenoxy) is 1. The normalized spacial score (nSPS) is 25.9. The van der Waals surface area contributed by atoms with Gasteiger partial charge in [0.05, 0.1) is 18.6 Å². The van der Waals surface area contributed by atoms with E-state index in [0.29, 0.717) is 0 Å². The van der Waals surface area contributed by atoms with Gasteiger partial charge in [0.2, 0.25) is 0 Å². The fraction of sp³-hybridized carbons (Fsp3) is 0.500. The summed E-state index contributed by atoms with van der Waals surface area (Å²) in [4.78, 5) is 0. The van der Waals surface area contributed by atoms with E-state index in [1.165, 1.54) is 0 Å². The van der Waals surface area contributed by atoms with Crippen LogP contribution in [0.4, 0.5) is 0 Å². The van der Waals surface area contributed by atoms with E-state index >= 15 is 0 Å². The quantitative estimate of drug-likeness (QED) is 0.759. The van der Waals surface area contributed by atoms with Crippen LogP contribution in [0, 0.1) is 23.7 Å². The molecule has 1 unspecified atom stereocenters. The van der Waals surface area contributed by atoms with Crippen LogP contribution in [0.5, 0.6) is 5.75 Å². The van der Waals surface area contributed by atoms with Crippen LogP contribution in [0.15, 0.2) is 18.2 Å². The molecule has 84 valence electrons. The van der Waals surface area contributed by atoms with Gasteiger partial charge in [0, 0.05) is 5.56 Å². The average molecular weight is 215 g/mol. The van der Waals surface area contributed by atoms with E-state index in [2.05, 4.69) is 19.9 Å². The lowest BCUT2D eigenvalue weighted by Gasteiger charge is -2.17. The summed E-state index contributed by atoms with van der Waals surface area (Å²) in [6, 6.07) is 8.52. The second-order valence-corrected chi connectivity index (χ2v) is 5.23. The van der Waals surface area contributed by atoms with Crippen LogP contribution >= 0.6 is 0 Å². The molecule has 2 rings (SSSR count). The van der Waals surface area contributed by atoms with Crippen LogP contribution in [0.25, 0.3) is 0 Å². The zero-order chi connectivity index (χ0) is 12.0. The van der Waals surface area contributed by atoms with Crippen molar-refractivity contribution in [2.75, 3.05) is 7.11 Å². The largest absolute Gasteiger partial charge is 0.496 e. The highest BCUT2D eigenvalue weighted by Gasteiger charge is 2.64. The summed E-state index contributed by atoms with van der Waals surface area (Å²) in [5.74, 6) is 0.870. The van der Waals surface area contributed by atoms with E-state index in [9.17, 15) is 5.26 Å². The SMILES string of the molecule is COc1c(C)cccc1C1(C#N)CC1(C)C.